The Balaban J connectivity index is 2.63. The van der Waals surface area contributed by atoms with E-state index in [-0.39, 0.29) is 12.5 Å². The summed E-state index contributed by atoms with van der Waals surface area (Å²) in [7, 11) is 1.59. The highest BCUT2D eigenvalue weighted by Gasteiger charge is 2.01. The lowest BCUT2D eigenvalue weighted by Crippen LogP contribution is -2.26. The zero-order valence-electron chi connectivity index (χ0n) is 7.80. The van der Waals surface area contributed by atoms with E-state index < -0.39 is 0 Å². The van der Waals surface area contributed by atoms with Crippen molar-refractivity contribution in [3.05, 3.63) is 22.7 Å². The average molecular weight is 258 g/mol. The fraction of sp³-hybridized carbons (Fsp3) is 0.222. The molecule has 4 nitrogen and oxygen atoms in total. The van der Waals surface area contributed by atoms with Crippen molar-refractivity contribution in [2.24, 2.45) is 0 Å². The molecule has 1 aromatic carbocycles. The van der Waals surface area contributed by atoms with Crippen molar-refractivity contribution < 1.29 is 4.79 Å². The van der Waals surface area contributed by atoms with Gasteiger partial charge >= 0.3 is 0 Å². The summed E-state index contributed by atoms with van der Waals surface area (Å²) in [6.45, 7) is 0.225. The first-order chi connectivity index (χ1) is 6.63. The van der Waals surface area contributed by atoms with Crippen molar-refractivity contribution in [1.29, 1.82) is 0 Å². The van der Waals surface area contributed by atoms with Gasteiger partial charge in [-0.2, -0.15) is 0 Å². The number of carbonyl (C=O) groups excluding carboxylic acids is 1. The largest absolute Gasteiger partial charge is 0.397 e. The van der Waals surface area contributed by atoms with Gasteiger partial charge in [0, 0.05) is 11.5 Å². The summed E-state index contributed by atoms with van der Waals surface area (Å²) < 4.78 is 0.917. The van der Waals surface area contributed by atoms with Gasteiger partial charge in [0.15, 0.2) is 0 Å². The Labute approximate surface area is 91.0 Å². The van der Waals surface area contributed by atoms with Crippen LogP contribution in [-0.2, 0) is 4.79 Å². The molecule has 0 spiro atoms. The Kier molecular flexibility index (Phi) is 3.76. The first-order valence-electron chi connectivity index (χ1n) is 4.13. The number of nitrogens with one attached hydrogen (secondary N) is 2. The third-order valence-corrected chi connectivity index (χ3v) is 2.23. The van der Waals surface area contributed by atoms with Crippen LogP contribution in [0.4, 0.5) is 11.4 Å². The van der Waals surface area contributed by atoms with E-state index in [1.54, 1.807) is 13.1 Å². The quantitative estimate of drug-likeness (QED) is 0.713. The van der Waals surface area contributed by atoms with Crippen LogP contribution in [0.3, 0.4) is 0 Å². The van der Waals surface area contributed by atoms with Gasteiger partial charge in [-0.15, -0.1) is 0 Å². The summed E-state index contributed by atoms with van der Waals surface area (Å²) >= 11 is 3.30. The second-order valence-electron chi connectivity index (χ2n) is 2.76. The van der Waals surface area contributed by atoms with Crippen molar-refractivity contribution >= 4 is 33.2 Å². The van der Waals surface area contributed by atoms with Gasteiger partial charge < -0.3 is 16.4 Å². The topological polar surface area (TPSA) is 67.2 Å². The van der Waals surface area contributed by atoms with Gasteiger partial charge in [-0.25, -0.2) is 0 Å². The van der Waals surface area contributed by atoms with E-state index >= 15 is 0 Å². The van der Waals surface area contributed by atoms with Crippen LogP contribution < -0.4 is 16.4 Å². The molecule has 0 saturated carbocycles. The molecule has 0 fully saturated rings. The predicted octanol–water partition coefficient (Wildman–Crippen LogP) is 1.19. The third-order valence-electron chi connectivity index (χ3n) is 1.73. The smallest absolute Gasteiger partial charge is 0.239 e. The van der Waals surface area contributed by atoms with Crippen LogP contribution in [0.5, 0.6) is 0 Å². The summed E-state index contributed by atoms with van der Waals surface area (Å²) in [6, 6.07) is 5.47. The number of carbonyl (C=O) groups is 1. The lowest BCUT2D eigenvalue weighted by molar-refractivity contribution is -0.118. The van der Waals surface area contributed by atoms with Crippen molar-refractivity contribution in [2.75, 3.05) is 24.6 Å². The standard InChI is InChI=1S/C9H12BrN3O/c1-12-9(14)5-13-8-3-2-6(10)4-7(8)11/h2-4,13H,5,11H2,1H3,(H,12,14). The molecular formula is C9H12BrN3O. The third kappa shape index (κ3) is 2.92. The van der Waals surface area contributed by atoms with Crippen molar-refractivity contribution in [1.82, 2.24) is 5.32 Å². The summed E-state index contributed by atoms with van der Waals surface area (Å²) in [6.07, 6.45) is 0. The molecule has 1 rings (SSSR count). The normalized spacial score (nSPS) is 9.57. The Morgan fingerprint density at radius 1 is 1.57 bits per heavy atom. The maximum atomic E-state index is 10.9. The van der Waals surface area contributed by atoms with E-state index in [1.165, 1.54) is 0 Å². The molecular weight excluding hydrogens is 246 g/mol. The van der Waals surface area contributed by atoms with Crippen LogP contribution in [0.2, 0.25) is 0 Å². The van der Waals surface area contributed by atoms with Gasteiger partial charge in [0.05, 0.1) is 17.9 Å². The molecule has 0 unspecified atom stereocenters. The summed E-state index contributed by atoms with van der Waals surface area (Å²) in [4.78, 5) is 10.9. The molecule has 0 saturated heterocycles. The maximum absolute atomic E-state index is 10.9. The molecule has 0 radical (unpaired) electrons. The molecule has 5 heteroatoms. The van der Waals surface area contributed by atoms with E-state index in [1.807, 2.05) is 12.1 Å². The number of benzene rings is 1. The fourth-order valence-electron chi connectivity index (χ4n) is 0.958. The van der Waals surface area contributed by atoms with E-state index in [0.717, 1.165) is 10.2 Å². The summed E-state index contributed by atoms with van der Waals surface area (Å²) in [5, 5.41) is 5.45. The number of nitrogens with two attached hydrogens (primary N) is 1. The number of halogens is 1. The monoisotopic (exact) mass is 257 g/mol. The predicted molar refractivity (Wildman–Crippen MR) is 61.1 cm³/mol. The molecule has 0 aliphatic rings. The van der Waals surface area contributed by atoms with Gasteiger partial charge in [0.2, 0.25) is 5.91 Å². The van der Waals surface area contributed by atoms with Crippen LogP contribution in [0.1, 0.15) is 0 Å². The summed E-state index contributed by atoms with van der Waals surface area (Å²) in [5.74, 6) is -0.0766. The first kappa shape index (κ1) is 10.8. The van der Waals surface area contributed by atoms with Gasteiger partial charge in [-0.3, -0.25) is 4.79 Å². The molecule has 0 aliphatic carbocycles. The second-order valence-corrected chi connectivity index (χ2v) is 3.67. The first-order valence-corrected chi connectivity index (χ1v) is 4.92. The Morgan fingerprint density at radius 3 is 2.86 bits per heavy atom. The maximum Gasteiger partial charge on any atom is 0.239 e. The zero-order chi connectivity index (χ0) is 10.6. The highest BCUT2D eigenvalue weighted by atomic mass is 79.9. The zero-order valence-corrected chi connectivity index (χ0v) is 9.39. The van der Waals surface area contributed by atoms with E-state index in [4.69, 9.17) is 5.73 Å². The molecule has 0 atom stereocenters. The van der Waals surface area contributed by atoms with Crippen molar-refractivity contribution in [3.8, 4) is 0 Å². The van der Waals surface area contributed by atoms with Crippen LogP contribution in [0.15, 0.2) is 22.7 Å². The fourth-order valence-corrected chi connectivity index (χ4v) is 1.34. The SMILES string of the molecule is CNC(=O)CNc1ccc(Br)cc1N. The van der Waals surface area contributed by atoms with Crippen LogP contribution >= 0.6 is 15.9 Å². The molecule has 14 heavy (non-hydrogen) atoms. The summed E-state index contributed by atoms with van der Waals surface area (Å²) in [5.41, 5.74) is 7.10. The van der Waals surface area contributed by atoms with E-state index in [0.29, 0.717) is 5.69 Å². The molecule has 0 aliphatic heterocycles. The highest BCUT2D eigenvalue weighted by Crippen LogP contribution is 2.22. The van der Waals surface area contributed by atoms with Crippen molar-refractivity contribution in [3.63, 3.8) is 0 Å². The van der Waals surface area contributed by atoms with Gasteiger partial charge in [-0.1, -0.05) is 15.9 Å². The molecule has 1 aromatic rings. The Morgan fingerprint density at radius 2 is 2.29 bits per heavy atom. The highest BCUT2D eigenvalue weighted by molar-refractivity contribution is 9.10. The number of hydrogen-bond donors (Lipinski definition) is 3. The minimum absolute atomic E-state index is 0.0766. The lowest BCUT2D eigenvalue weighted by atomic mass is 10.2. The molecule has 0 bridgehead atoms. The number of nitrogen functional groups attached to an aromatic ring is 1. The van der Waals surface area contributed by atoms with Gasteiger partial charge in [-0.05, 0) is 18.2 Å². The Hall–Kier alpha value is -1.23. The second kappa shape index (κ2) is 4.85. The number of likely N-dealkylation sites (N-methyl/N-ethyl adjacent to an activating group) is 1. The van der Waals surface area contributed by atoms with Crippen molar-refractivity contribution in [2.45, 2.75) is 0 Å². The minimum Gasteiger partial charge on any atom is -0.397 e. The average Bonchev–Trinajstić information content (AvgIpc) is 2.16. The van der Waals surface area contributed by atoms with Gasteiger partial charge in [0.25, 0.3) is 0 Å². The van der Waals surface area contributed by atoms with E-state index in [2.05, 4.69) is 26.6 Å². The number of anilines is 2. The molecule has 0 aromatic heterocycles. The van der Waals surface area contributed by atoms with E-state index in [9.17, 15) is 4.79 Å². The van der Waals surface area contributed by atoms with Crippen LogP contribution in [-0.4, -0.2) is 19.5 Å². The number of amides is 1. The Bertz CT molecular complexity index is 341. The lowest BCUT2D eigenvalue weighted by Gasteiger charge is -2.08. The molecule has 76 valence electrons. The molecule has 4 N–H and O–H groups in total. The van der Waals surface area contributed by atoms with Crippen LogP contribution in [0.25, 0.3) is 0 Å². The van der Waals surface area contributed by atoms with Crippen LogP contribution in [0, 0.1) is 0 Å². The molecule has 0 heterocycles. The minimum atomic E-state index is -0.0766. The number of hydrogen-bond acceptors (Lipinski definition) is 3. The number of rotatable bonds is 3. The molecule has 1 amide bonds. The van der Waals surface area contributed by atoms with Gasteiger partial charge in [0.1, 0.15) is 0 Å².